The summed E-state index contributed by atoms with van der Waals surface area (Å²) in [6.45, 7) is 7.54. The van der Waals surface area contributed by atoms with E-state index in [1.807, 2.05) is 45.9 Å². The highest BCUT2D eigenvalue weighted by molar-refractivity contribution is 6.65. The van der Waals surface area contributed by atoms with Crippen LogP contribution >= 0.6 is 0 Å². The zero-order valence-corrected chi connectivity index (χ0v) is 20.2. The first-order chi connectivity index (χ1) is 14.9. The van der Waals surface area contributed by atoms with Crippen molar-refractivity contribution in [1.29, 1.82) is 0 Å². The Balaban J connectivity index is 2.67. The van der Waals surface area contributed by atoms with Crippen LogP contribution in [0.4, 0.5) is 4.79 Å². The Hall–Kier alpha value is -2.43. The van der Waals surface area contributed by atoms with Crippen LogP contribution in [0.5, 0.6) is 0 Å². The van der Waals surface area contributed by atoms with Crippen molar-refractivity contribution in [2.75, 3.05) is 6.17 Å². The van der Waals surface area contributed by atoms with Gasteiger partial charge in [0.15, 0.2) is 0 Å². The van der Waals surface area contributed by atoms with Gasteiger partial charge in [0, 0.05) is 12.0 Å². The minimum atomic E-state index is -4.00. The number of carbonyl (C=O) groups is 3. The van der Waals surface area contributed by atoms with Gasteiger partial charge in [-0.1, -0.05) is 58.0 Å². The summed E-state index contributed by atoms with van der Waals surface area (Å²) in [7, 11) is -4.00. The normalized spacial score (nSPS) is 13.5. The van der Waals surface area contributed by atoms with Crippen molar-refractivity contribution >= 4 is 26.5 Å². The van der Waals surface area contributed by atoms with Crippen LogP contribution in [0.2, 0.25) is 6.04 Å². The molecule has 0 aliphatic rings. The zero-order valence-electron chi connectivity index (χ0n) is 19.2. The molecule has 0 bridgehead atoms. The Labute approximate surface area is 190 Å². The first kappa shape index (κ1) is 27.6. The van der Waals surface area contributed by atoms with Crippen molar-refractivity contribution in [1.82, 2.24) is 10.6 Å². The Bertz CT molecular complexity index is 741. The van der Waals surface area contributed by atoms with Gasteiger partial charge in [0.1, 0.15) is 12.6 Å². The first-order valence-corrected chi connectivity index (χ1v) is 13.1. The molecule has 1 aromatic rings. The standard InChI is InChI=1S/C22H36N2O7Si/c1-15(2)10-18(20(25)24-19(21(26)27)11-16(3)4)13-32(29,30)14-23-22(28)31-12-17-8-6-5-7-9-17/h5-9,15-16,18-19,29-30H,10-14H2,1-4H3,(H,23,28)(H,24,25)(H,26,27)/t18-,19+/m1/s1. The van der Waals surface area contributed by atoms with E-state index in [1.54, 1.807) is 12.1 Å². The largest absolute Gasteiger partial charge is 0.480 e. The molecule has 0 saturated carbocycles. The number of hydrogen-bond acceptors (Lipinski definition) is 6. The molecule has 5 N–H and O–H groups in total. The van der Waals surface area contributed by atoms with Crippen molar-refractivity contribution in [3.63, 3.8) is 0 Å². The molecule has 0 heterocycles. The van der Waals surface area contributed by atoms with Crippen LogP contribution in [0.3, 0.4) is 0 Å². The van der Waals surface area contributed by atoms with Crippen molar-refractivity contribution in [3.8, 4) is 0 Å². The number of alkyl carbamates (subject to hydrolysis) is 1. The smallest absolute Gasteiger partial charge is 0.407 e. The van der Waals surface area contributed by atoms with E-state index in [0.717, 1.165) is 5.56 Å². The summed E-state index contributed by atoms with van der Waals surface area (Å²) >= 11 is 0. The minimum Gasteiger partial charge on any atom is -0.480 e. The highest BCUT2D eigenvalue weighted by atomic mass is 28.4. The first-order valence-electron chi connectivity index (χ1n) is 10.8. The molecule has 0 radical (unpaired) electrons. The van der Waals surface area contributed by atoms with Gasteiger partial charge in [0.25, 0.3) is 0 Å². The number of aliphatic carboxylic acids is 1. The summed E-state index contributed by atoms with van der Waals surface area (Å²) in [6, 6.07) is 7.78. The molecule has 9 nitrogen and oxygen atoms in total. The summed E-state index contributed by atoms with van der Waals surface area (Å²) in [5.41, 5.74) is 0.794. The Morgan fingerprint density at radius 2 is 1.59 bits per heavy atom. The number of amides is 2. The number of carboxylic acid groups (broad SMARTS) is 1. The molecule has 0 unspecified atom stereocenters. The van der Waals surface area contributed by atoms with E-state index in [2.05, 4.69) is 10.6 Å². The fourth-order valence-electron chi connectivity index (χ4n) is 3.29. The Morgan fingerprint density at radius 3 is 2.12 bits per heavy atom. The topological polar surface area (TPSA) is 145 Å². The fraction of sp³-hybridized carbons (Fsp3) is 0.591. The van der Waals surface area contributed by atoms with Crippen LogP contribution < -0.4 is 10.6 Å². The van der Waals surface area contributed by atoms with E-state index >= 15 is 0 Å². The highest BCUT2D eigenvalue weighted by Crippen LogP contribution is 2.22. The van der Waals surface area contributed by atoms with Gasteiger partial charge in [-0.05, 0) is 30.2 Å². The average Bonchev–Trinajstić information content (AvgIpc) is 2.69. The van der Waals surface area contributed by atoms with E-state index in [-0.39, 0.29) is 30.9 Å². The number of carbonyl (C=O) groups excluding carboxylic acids is 2. The molecule has 32 heavy (non-hydrogen) atoms. The molecular weight excluding hydrogens is 432 g/mol. The molecule has 10 heteroatoms. The van der Waals surface area contributed by atoms with Gasteiger partial charge in [-0.2, -0.15) is 0 Å². The molecule has 180 valence electrons. The van der Waals surface area contributed by atoms with Crippen LogP contribution in [-0.2, 0) is 20.9 Å². The van der Waals surface area contributed by atoms with Crippen LogP contribution in [0.15, 0.2) is 30.3 Å². The molecule has 2 atom stereocenters. The van der Waals surface area contributed by atoms with Crippen LogP contribution in [0.25, 0.3) is 0 Å². The number of hydrogen-bond donors (Lipinski definition) is 5. The molecule has 0 aromatic heterocycles. The fourth-order valence-corrected chi connectivity index (χ4v) is 5.00. The van der Waals surface area contributed by atoms with E-state index in [4.69, 9.17) is 4.74 Å². The SMILES string of the molecule is CC(C)C[C@H](C[Si](O)(O)CNC(=O)OCc1ccccc1)C(=O)N[C@@H](CC(C)C)C(=O)O. The number of ether oxygens (including phenoxy) is 1. The van der Waals surface area contributed by atoms with E-state index in [9.17, 15) is 29.1 Å². The summed E-state index contributed by atoms with van der Waals surface area (Å²) in [4.78, 5) is 57.1. The van der Waals surface area contributed by atoms with Gasteiger partial charge in [-0.15, -0.1) is 0 Å². The summed E-state index contributed by atoms with van der Waals surface area (Å²) in [6.07, 6.45) is -0.572. The number of benzene rings is 1. The maximum absolute atomic E-state index is 12.8. The maximum atomic E-state index is 12.8. The van der Waals surface area contributed by atoms with Crippen molar-refractivity contribution in [3.05, 3.63) is 35.9 Å². The van der Waals surface area contributed by atoms with Crippen LogP contribution in [0, 0.1) is 17.8 Å². The second kappa shape index (κ2) is 13.2. The van der Waals surface area contributed by atoms with Crippen molar-refractivity contribution in [2.45, 2.75) is 59.2 Å². The van der Waals surface area contributed by atoms with E-state index in [1.165, 1.54) is 0 Å². The van der Waals surface area contributed by atoms with Crippen LogP contribution in [-0.4, -0.2) is 53.4 Å². The highest BCUT2D eigenvalue weighted by Gasteiger charge is 2.37. The molecule has 0 aliphatic carbocycles. The lowest BCUT2D eigenvalue weighted by Crippen LogP contribution is -2.52. The molecule has 0 saturated heterocycles. The van der Waals surface area contributed by atoms with Crippen molar-refractivity contribution in [2.24, 2.45) is 17.8 Å². The van der Waals surface area contributed by atoms with Crippen molar-refractivity contribution < 1.29 is 33.8 Å². The van der Waals surface area contributed by atoms with E-state index in [0.29, 0.717) is 6.42 Å². The van der Waals surface area contributed by atoms with Gasteiger partial charge < -0.3 is 30.1 Å². The lowest BCUT2D eigenvalue weighted by atomic mass is 9.96. The number of rotatable bonds is 13. The summed E-state index contributed by atoms with van der Waals surface area (Å²) < 4.78 is 5.06. The second-order valence-electron chi connectivity index (χ2n) is 8.96. The van der Waals surface area contributed by atoms with E-state index < -0.39 is 44.7 Å². The third-order valence-electron chi connectivity index (χ3n) is 4.75. The molecule has 0 aliphatic heterocycles. The third kappa shape index (κ3) is 11.3. The van der Waals surface area contributed by atoms with Gasteiger partial charge in [-0.3, -0.25) is 4.79 Å². The lowest BCUT2D eigenvalue weighted by Gasteiger charge is -2.27. The summed E-state index contributed by atoms with van der Waals surface area (Å²) in [5.74, 6) is -2.30. The van der Waals surface area contributed by atoms with Gasteiger partial charge in [0.05, 0.1) is 6.17 Å². The molecular formula is C22H36N2O7Si. The molecule has 0 fully saturated rings. The molecule has 0 spiro atoms. The van der Waals surface area contributed by atoms with Gasteiger partial charge in [0.2, 0.25) is 5.91 Å². The third-order valence-corrected chi connectivity index (χ3v) is 6.64. The number of carboxylic acids is 1. The second-order valence-corrected chi connectivity index (χ2v) is 11.7. The monoisotopic (exact) mass is 468 g/mol. The maximum Gasteiger partial charge on any atom is 0.407 e. The summed E-state index contributed by atoms with van der Waals surface area (Å²) in [5, 5.41) is 14.3. The Kier molecular flexibility index (Phi) is 11.4. The predicted octanol–water partition coefficient (Wildman–Crippen LogP) is 2.16. The average molecular weight is 469 g/mol. The predicted molar refractivity (Wildman–Crippen MR) is 122 cm³/mol. The number of nitrogens with one attached hydrogen (secondary N) is 2. The van der Waals surface area contributed by atoms with Gasteiger partial charge in [-0.25, -0.2) is 9.59 Å². The van der Waals surface area contributed by atoms with Crippen LogP contribution in [0.1, 0.15) is 46.1 Å². The molecule has 1 rings (SSSR count). The molecule has 2 amide bonds. The molecule has 1 aromatic carbocycles. The minimum absolute atomic E-state index is 0.0445. The lowest BCUT2D eigenvalue weighted by molar-refractivity contribution is -0.143. The van der Waals surface area contributed by atoms with Gasteiger partial charge >= 0.3 is 20.6 Å². The Morgan fingerprint density at radius 1 is 1.00 bits per heavy atom. The zero-order chi connectivity index (χ0) is 24.3. The quantitative estimate of drug-likeness (QED) is 0.279.